The van der Waals surface area contributed by atoms with Crippen LogP contribution in [-0.4, -0.2) is 24.1 Å². The van der Waals surface area contributed by atoms with Crippen molar-refractivity contribution >= 4 is 65.6 Å². The predicted molar refractivity (Wildman–Crippen MR) is 283 cm³/mol. The van der Waals surface area contributed by atoms with Crippen LogP contribution in [0.2, 0.25) is 0 Å². The van der Waals surface area contributed by atoms with E-state index in [1.54, 1.807) is 0 Å². The summed E-state index contributed by atoms with van der Waals surface area (Å²) in [5, 5.41) is 6.60. The van der Waals surface area contributed by atoms with E-state index in [2.05, 4.69) is 215 Å². The van der Waals surface area contributed by atoms with E-state index in [0.717, 1.165) is 110 Å². The lowest BCUT2D eigenvalue weighted by Gasteiger charge is -2.15. The van der Waals surface area contributed by atoms with E-state index in [1.807, 2.05) is 30.3 Å². The second-order valence-electron chi connectivity index (χ2n) is 17.5. The van der Waals surface area contributed by atoms with E-state index >= 15 is 0 Å². The van der Waals surface area contributed by atoms with Gasteiger partial charge in [-0.15, -0.1) is 0 Å². The Morgan fingerprint density at radius 2 is 0.797 bits per heavy atom. The van der Waals surface area contributed by atoms with Crippen LogP contribution >= 0.6 is 0 Å². The molecule has 0 unspecified atom stereocenters. The second kappa shape index (κ2) is 15.6. The first-order valence-corrected chi connectivity index (χ1v) is 23.3. The van der Waals surface area contributed by atoms with E-state index < -0.39 is 0 Å². The fourth-order valence-electron chi connectivity index (χ4n) is 10.5. The summed E-state index contributed by atoms with van der Waals surface area (Å²) in [4.78, 5) is 16.2. The first kappa shape index (κ1) is 38.8. The summed E-state index contributed by atoms with van der Waals surface area (Å²) in [6.45, 7) is 0. The Morgan fingerprint density at radius 1 is 0.304 bits per heavy atom. The van der Waals surface area contributed by atoms with E-state index in [-0.39, 0.29) is 0 Å². The van der Waals surface area contributed by atoms with Crippen LogP contribution in [0, 0.1) is 0 Å². The van der Waals surface area contributed by atoms with Gasteiger partial charge in [0.2, 0.25) is 5.95 Å². The summed E-state index contributed by atoms with van der Waals surface area (Å²) in [5.74, 6) is 1.72. The normalized spacial score (nSPS) is 11.8. The maximum atomic E-state index is 6.78. The Balaban J connectivity index is 1.09. The molecule has 0 fully saturated rings. The highest BCUT2D eigenvalue weighted by molar-refractivity contribution is 6.24. The predicted octanol–water partition coefficient (Wildman–Crippen LogP) is 16.3. The van der Waals surface area contributed by atoms with Crippen LogP contribution in [0.3, 0.4) is 0 Å². The highest BCUT2D eigenvalue weighted by Gasteiger charge is 2.25. The van der Waals surface area contributed by atoms with Crippen molar-refractivity contribution in [3.05, 3.63) is 237 Å². The number of furan rings is 1. The minimum absolute atomic E-state index is 0.535. The Hall–Kier alpha value is -9.39. The molecular formula is C63H39N5O. The molecule has 0 amide bonds. The number of hydrogen-bond acceptors (Lipinski definition) is 4. The molecule has 4 aromatic heterocycles. The van der Waals surface area contributed by atoms with Gasteiger partial charge < -0.3 is 8.98 Å². The quantitative estimate of drug-likeness (QED) is 0.160. The summed E-state index contributed by atoms with van der Waals surface area (Å²) in [7, 11) is 0. The average Bonchev–Trinajstić information content (AvgIpc) is 4.09. The summed E-state index contributed by atoms with van der Waals surface area (Å²) < 4.78 is 11.5. The standard InChI is InChI=1S/C63H39N5O/c1-4-18-40(19-5-1)41-32-34-43(35-33-41)53-38-45(39-54-49-27-14-17-31-57(49)69-60(53)54)67-55-29-15-12-25-47(55)50-36-37-51-48-26-13-16-30-56(48)68(59(51)58(50)67)63-65-61(44-22-8-3-9-23-44)64-62(66-63)52-28-11-10-24-46(52)42-20-6-2-7-21-42/h1-39H. The Kier molecular flexibility index (Phi) is 8.79. The molecule has 10 aromatic carbocycles. The van der Waals surface area contributed by atoms with E-state index in [1.165, 1.54) is 5.56 Å². The van der Waals surface area contributed by atoms with Gasteiger partial charge in [0.05, 0.1) is 22.1 Å². The highest BCUT2D eigenvalue weighted by atomic mass is 16.3. The third kappa shape index (κ3) is 6.23. The Morgan fingerprint density at radius 3 is 1.49 bits per heavy atom. The van der Waals surface area contributed by atoms with Crippen molar-refractivity contribution in [2.24, 2.45) is 0 Å². The van der Waals surface area contributed by atoms with E-state index in [4.69, 9.17) is 19.4 Å². The van der Waals surface area contributed by atoms with Crippen LogP contribution in [0.25, 0.3) is 133 Å². The van der Waals surface area contributed by atoms with Crippen molar-refractivity contribution in [2.45, 2.75) is 0 Å². The number of nitrogens with zero attached hydrogens (tertiary/aromatic N) is 5. The third-order valence-electron chi connectivity index (χ3n) is 13.6. The fourth-order valence-corrected chi connectivity index (χ4v) is 10.5. The first-order valence-electron chi connectivity index (χ1n) is 23.3. The molecule has 14 rings (SSSR count). The lowest BCUT2D eigenvalue weighted by atomic mass is 9.98. The van der Waals surface area contributed by atoms with Gasteiger partial charge in [-0.05, 0) is 58.1 Å². The molecule has 0 aliphatic rings. The summed E-state index contributed by atoms with van der Waals surface area (Å²) >= 11 is 0. The van der Waals surface area contributed by atoms with Crippen LogP contribution < -0.4 is 0 Å². The topological polar surface area (TPSA) is 61.7 Å². The molecule has 69 heavy (non-hydrogen) atoms. The number of fused-ring (bicyclic) bond motifs is 10. The van der Waals surface area contributed by atoms with Crippen molar-refractivity contribution in [1.29, 1.82) is 0 Å². The molecule has 6 heteroatoms. The van der Waals surface area contributed by atoms with Crippen molar-refractivity contribution < 1.29 is 4.42 Å². The van der Waals surface area contributed by atoms with Gasteiger partial charge in [0.15, 0.2) is 11.6 Å². The average molecular weight is 882 g/mol. The lowest BCUT2D eigenvalue weighted by molar-refractivity contribution is 0.670. The molecule has 322 valence electrons. The molecule has 6 nitrogen and oxygen atoms in total. The van der Waals surface area contributed by atoms with Crippen LogP contribution in [0.4, 0.5) is 0 Å². The molecule has 14 aromatic rings. The smallest absolute Gasteiger partial charge is 0.238 e. The largest absolute Gasteiger partial charge is 0.455 e. The minimum atomic E-state index is 0.535. The zero-order valence-electron chi connectivity index (χ0n) is 37.2. The monoisotopic (exact) mass is 881 g/mol. The maximum Gasteiger partial charge on any atom is 0.238 e. The van der Waals surface area contributed by atoms with Crippen molar-refractivity contribution in [3.63, 3.8) is 0 Å². The molecule has 0 spiro atoms. The van der Waals surface area contributed by atoms with Crippen molar-refractivity contribution in [3.8, 4) is 67.8 Å². The van der Waals surface area contributed by atoms with Gasteiger partial charge in [0, 0.05) is 54.7 Å². The van der Waals surface area contributed by atoms with Gasteiger partial charge in [0.1, 0.15) is 11.2 Å². The van der Waals surface area contributed by atoms with Crippen LogP contribution in [0.1, 0.15) is 0 Å². The van der Waals surface area contributed by atoms with Gasteiger partial charge >= 0.3 is 0 Å². The van der Waals surface area contributed by atoms with Crippen LogP contribution in [0.5, 0.6) is 0 Å². The van der Waals surface area contributed by atoms with Gasteiger partial charge in [-0.25, -0.2) is 4.98 Å². The van der Waals surface area contributed by atoms with Crippen LogP contribution in [-0.2, 0) is 0 Å². The number of hydrogen-bond donors (Lipinski definition) is 0. The Labute approximate surface area is 396 Å². The molecule has 0 aliphatic heterocycles. The third-order valence-corrected chi connectivity index (χ3v) is 13.6. The molecule has 0 atom stereocenters. The molecule has 0 saturated heterocycles. The SMILES string of the molecule is c1ccc(-c2ccc(-c3cc(-n4c5ccccc5c5ccc6c7ccccc7n(-c7nc(-c8ccccc8)nc(-c8ccccc8-c8ccccc8)n7)c6c54)cc4c3oc3ccccc34)cc2)cc1. The first-order chi connectivity index (χ1) is 34.2. The van der Waals surface area contributed by atoms with Gasteiger partial charge in [-0.1, -0.05) is 206 Å². The number of benzene rings is 10. The van der Waals surface area contributed by atoms with E-state index in [0.29, 0.717) is 17.6 Å². The second-order valence-corrected chi connectivity index (χ2v) is 17.5. The molecule has 0 radical (unpaired) electrons. The minimum Gasteiger partial charge on any atom is -0.455 e. The molecule has 0 saturated carbocycles. The van der Waals surface area contributed by atoms with E-state index in [9.17, 15) is 0 Å². The number of para-hydroxylation sites is 3. The zero-order chi connectivity index (χ0) is 45.4. The molecule has 0 aliphatic carbocycles. The maximum absolute atomic E-state index is 6.78. The zero-order valence-corrected chi connectivity index (χ0v) is 37.2. The lowest BCUT2D eigenvalue weighted by Crippen LogP contribution is -2.07. The van der Waals surface area contributed by atoms with Gasteiger partial charge in [-0.2, -0.15) is 9.97 Å². The number of aromatic nitrogens is 5. The van der Waals surface area contributed by atoms with Crippen LogP contribution in [0.15, 0.2) is 241 Å². The highest BCUT2D eigenvalue weighted by Crippen LogP contribution is 2.45. The van der Waals surface area contributed by atoms with Gasteiger partial charge in [-0.3, -0.25) is 4.57 Å². The summed E-state index contributed by atoms with van der Waals surface area (Å²) in [6, 6.07) is 83.3. The summed E-state index contributed by atoms with van der Waals surface area (Å²) in [6.07, 6.45) is 0. The summed E-state index contributed by atoms with van der Waals surface area (Å²) in [5.41, 5.74) is 15.3. The molecule has 0 N–H and O–H groups in total. The molecule has 0 bridgehead atoms. The molecule has 4 heterocycles. The number of rotatable bonds is 7. The Bertz CT molecular complexity index is 4280. The van der Waals surface area contributed by atoms with Crippen molar-refractivity contribution in [2.75, 3.05) is 0 Å². The van der Waals surface area contributed by atoms with Gasteiger partial charge in [0.25, 0.3) is 0 Å². The molecular weight excluding hydrogens is 843 g/mol. The van der Waals surface area contributed by atoms with Crippen molar-refractivity contribution in [1.82, 2.24) is 24.1 Å². The fraction of sp³-hybridized carbons (Fsp3) is 0.